The van der Waals surface area contributed by atoms with Crippen molar-refractivity contribution in [1.82, 2.24) is 9.38 Å². The number of aromatic nitrogens is 2. The molecule has 0 fully saturated rings. The number of esters is 1. The van der Waals surface area contributed by atoms with Crippen molar-refractivity contribution < 1.29 is 9.53 Å². The second kappa shape index (κ2) is 6.02. The first-order chi connectivity index (χ1) is 10.7. The van der Waals surface area contributed by atoms with Gasteiger partial charge in [0.05, 0.1) is 17.9 Å². The van der Waals surface area contributed by atoms with Gasteiger partial charge >= 0.3 is 5.97 Å². The van der Waals surface area contributed by atoms with Crippen LogP contribution in [0.4, 0.5) is 0 Å². The van der Waals surface area contributed by atoms with Crippen molar-refractivity contribution in [1.29, 1.82) is 0 Å². The Kier molecular flexibility index (Phi) is 3.92. The number of carbonyl (C=O) groups is 1. The highest BCUT2D eigenvalue weighted by molar-refractivity contribution is 5.89. The Bertz CT molecular complexity index is 804. The first kappa shape index (κ1) is 14.3. The highest BCUT2D eigenvalue weighted by Crippen LogP contribution is 2.20. The number of imidazole rings is 1. The van der Waals surface area contributed by atoms with Crippen LogP contribution in [0.25, 0.3) is 16.9 Å². The van der Waals surface area contributed by atoms with Gasteiger partial charge in [-0.1, -0.05) is 31.2 Å². The summed E-state index contributed by atoms with van der Waals surface area (Å²) in [5.74, 6) is -0.313. The van der Waals surface area contributed by atoms with Crippen LogP contribution in [-0.2, 0) is 11.2 Å². The first-order valence-electron chi connectivity index (χ1n) is 7.46. The molecule has 0 N–H and O–H groups in total. The van der Waals surface area contributed by atoms with Crippen LogP contribution in [0, 0.1) is 0 Å². The van der Waals surface area contributed by atoms with Gasteiger partial charge in [-0.25, -0.2) is 9.78 Å². The van der Waals surface area contributed by atoms with E-state index in [0.717, 1.165) is 23.3 Å². The topological polar surface area (TPSA) is 43.6 Å². The number of benzene rings is 1. The van der Waals surface area contributed by atoms with Crippen molar-refractivity contribution in [2.45, 2.75) is 20.3 Å². The molecule has 0 aliphatic carbocycles. The number of aryl methyl sites for hydroxylation is 1. The van der Waals surface area contributed by atoms with Crippen molar-refractivity contribution in [3.63, 3.8) is 0 Å². The van der Waals surface area contributed by atoms with E-state index in [2.05, 4.69) is 36.2 Å². The molecule has 1 aromatic carbocycles. The summed E-state index contributed by atoms with van der Waals surface area (Å²) < 4.78 is 6.88. The molecule has 2 aromatic heterocycles. The van der Waals surface area contributed by atoms with Crippen molar-refractivity contribution in [3.05, 3.63) is 59.9 Å². The molecule has 0 spiro atoms. The Morgan fingerprint density at radius 3 is 2.55 bits per heavy atom. The largest absolute Gasteiger partial charge is 0.462 e. The summed E-state index contributed by atoms with van der Waals surface area (Å²) in [5, 5.41) is 0. The molecule has 4 heteroatoms. The Balaban J connectivity index is 1.96. The van der Waals surface area contributed by atoms with Crippen LogP contribution < -0.4 is 0 Å². The van der Waals surface area contributed by atoms with Gasteiger partial charge in [-0.05, 0) is 31.0 Å². The summed E-state index contributed by atoms with van der Waals surface area (Å²) >= 11 is 0. The van der Waals surface area contributed by atoms with Crippen molar-refractivity contribution >= 4 is 11.6 Å². The fourth-order valence-corrected chi connectivity index (χ4v) is 2.38. The molecule has 0 radical (unpaired) electrons. The number of nitrogens with zero attached hydrogens (tertiary/aromatic N) is 2. The van der Waals surface area contributed by atoms with E-state index in [4.69, 9.17) is 4.74 Å². The maximum absolute atomic E-state index is 11.8. The van der Waals surface area contributed by atoms with Gasteiger partial charge in [0.1, 0.15) is 5.65 Å². The maximum atomic E-state index is 11.8. The summed E-state index contributed by atoms with van der Waals surface area (Å²) in [7, 11) is 0. The highest BCUT2D eigenvalue weighted by Gasteiger charge is 2.09. The number of hydrogen-bond donors (Lipinski definition) is 0. The van der Waals surface area contributed by atoms with Gasteiger partial charge in [0.25, 0.3) is 0 Å². The van der Waals surface area contributed by atoms with Crippen LogP contribution in [0.1, 0.15) is 29.8 Å². The molecule has 0 saturated heterocycles. The molecule has 0 bridgehead atoms. The zero-order valence-corrected chi connectivity index (χ0v) is 12.7. The van der Waals surface area contributed by atoms with Gasteiger partial charge in [0.2, 0.25) is 0 Å². The summed E-state index contributed by atoms with van der Waals surface area (Å²) in [6, 6.07) is 12.0. The molecule has 0 aliphatic heterocycles. The number of pyridine rings is 1. The van der Waals surface area contributed by atoms with E-state index >= 15 is 0 Å². The minimum absolute atomic E-state index is 0.313. The normalized spacial score (nSPS) is 10.8. The van der Waals surface area contributed by atoms with Crippen LogP contribution in [0.5, 0.6) is 0 Å². The third-order valence-corrected chi connectivity index (χ3v) is 3.62. The smallest absolute Gasteiger partial charge is 0.339 e. The number of rotatable bonds is 4. The molecule has 112 valence electrons. The summed E-state index contributed by atoms with van der Waals surface area (Å²) in [5.41, 5.74) is 4.60. The first-order valence-corrected chi connectivity index (χ1v) is 7.46. The van der Waals surface area contributed by atoms with Gasteiger partial charge in [0.15, 0.2) is 0 Å². The Labute approximate surface area is 129 Å². The molecular formula is C18H18N2O2. The number of ether oxygens (including phenoxy) is 1. The quantitative estimate of drug-likeness (QED) is 0.688. The minimum atomic E-state index is -0.313. The molecule has 3 aromatic rings. The summed E-state index contributed by atoms with van der Waals surface area (Å²) in [4.78, 5) is 16.4. The predicted molar refractivity (Wildman–Crippen MR) is 86.0 cm³/mol. The second-order valence-corrected chi connectivity index (χ2v) is 5.08. The van der Waals surface area contributed by atoms with Crippen LogP contribution in [-0.4, -0.2) is 22.0 Å². The van der Waals surface area contributed by atoms with Crippen LogP contribution in [0.15, 0.2) is 48.8 Å². The van der Waals surface area contributed by atoms with Gasteiger partial charge in [-0.15, -0.1) is 0 Å². The maximum Gasteiger partial charge on any atom is 0.339 e. The van der Waals surface area contributed by atoms with Crippen LogP contribution >= 0.6 is 0 Å². The van der Waals surface area contributed by atoms with Crippen molar-refractivity contribution in [2.24, 2.45) is 0 Å². The molecule has 4 nitrogen and oxygen atoms in total. The van der Waals surface area contributed by atoms with Crippen molar-refractivity contribution in [2.75, 3.05) is 6.61 Å². The minimum Gasteiger partial charge on any atom is -0.462 e. The lowest BCUT2D eigenvalue weighted by molar-refractivity contribution is 0.0526. The number of hydrogen-bond acceptors (Lipinski definition) is 3. The van der Waals surface area contributed by atoms with E-state index in [1.807, 2.05) is 16.7 Å². The van der Waals surface area contributed by atoms with Gasteiger partial charge in [-0.2, -0.15) is 0 Å². The number of fused-ring (bicyclic) bond motifs is 1. The summed E-state index contributed by atoms with van der Waals surface area (Å²) in [6.45, 7) is 4.30. The summed E-state index contributed by atoms with van der Waals surface area (Å²) in [6.07, 6.45) is 4.71. The molecule has 0 amide bonds. The number of carbonyl (C=O) groups excluding carboxylic acids is 1. The van der Waals surface area contributed by atoms with Gasteiger partial charge in [-0.3, -0.25) is 0 Å². The van der Waals surface area contributed by atoms with Gasteiger partial charge in [0, 0.05) is 18.0 Å². The molecular weight excluding hydrogens is 276 g/mol. The van der Waals surface area contributed by atoms with Crippen molar-refractivity contribution in [3.8, 4) is 11.3 Å². The zero-order chi connectivity index (χ0) is 15.5. The Morgan fingerprint density at radius 2 is 1.86 bits per heavy atom. The fourth-order valence-electron chi connectivity index (χ4n) is 2.38. The predicted octanol–water partition coefficient (Wildman–Crippen LogP) is 3.74. The third-order valence-electron chi connectivity index (χ3n) is 3.62. The van der Waals surface area contributed by atoms with E-state index < -0.39 is 0 Å². The van der Waals surface area contributed by atoms with E-state index in [1.54, 1.807) is 19.2 Å². The Morgan fingerprint density at radius 1 is 1.09 bits per heavy atom. The molecule has 0 saturated carbocycles. The molecule has 0 atom stereocenters. The lowest BCUT2D eigenvalue weighted by Gasteiger charge is -2.01. The van der Waals surface area contributed by atoms with E-state index in [0.29, 0.717) is 12.2 Å². The highest BCUT2D eigenvalue weighted by atomic mass is 16.5. The van der Waals surface area contributed by atoms with Gasteiger partial charge < -0.3 is 9.14 Å². The molecule has 0 aliphatic rings. The fraction of sp³-hybridized carbons (Fsp3) is 0.222. The average Bonchev–Trinajstić information content (AvgIpc) is 2.98. The second-order valence-electron chi connectivity index (χ2n) is 5.08. The van der Waals surface area contributed by atoms with E-state index in [-0.39, 0.29) is 5.97 Å². The lowest BCUT2D eigenvalue weighted by Crippen LogP contribution is -2.05. The van der Waals surface area contributed by atoms with E-state index in [1.165, 1.54) is 5.56 Å². The molecule has 0 unspecified atom stereocenters. The SMILES string of the molecule is CCOC(=O)c1ccc2nc(-c3ccc(CC)cc3)cn2c1. The van der Waals surface area contributed by atoms with Crippen LogP contribution in [0.3, 0.4) is 0 Å². The standard InChI is InChI=1S/C18H18N2O2/c1-3-13-5-7-14(8-6-13)16-12-20-11-15(18(21)22-4-2)9-10-17(20)19-16/h5-12H,3-4H2,1-2H3. The Hall–Kier alpha value is -2.62. The molecule has 2 heterocycles. The average molecular weight is 294 g/mol. The molecule has 22 heavy (non-hydrogen) atoms. The molecule has 3 rings (SSSR count). The van der Waals surface area contributed by atoms with E-state index in [9.17, 15) is 4.79 Å². The van der Waals surface area contributed by atoms with Crippen LogP contribution in [0.2, 0.25) is 0 Å². The lowest BCUT2D eigenvalue weighted by atomic mass is 10.1. The monoisotopic (exact) mass is 294 g/mol. The third kappa shape index (κ3) is 2.72. The zero-order valence-electron chi connectivity index (χ0n) is 12.7.